The van der Waals surface area contributed by atoms with Crippen LogP contribution >= 0.6 is 34.8 Å². The molecule has 5 nitrogen and oxygen atoms in total. The number of H-pyrrole nitrogens is 1. The van der Waals surface area contributed by atoms with Crippen molar-refractivity contribution in [2.75, 3.05) is 5.32 Å². The van der Waals surface area contributed by atoms with Gasteiger partial charge in [-0.25, -0.2) is 9.97 Å². The fraction of sp³-hybridized carbons (Fsp3) is 0. The SMILES string of the molecule is O=C(Nc1ccnc(Cl)n1)c1cc(Cl)c(Cl)[nH]1. The summed E-state index contributed by atoms with van der Waals surface area (Å²) in [5.74, 6) is -0.134. The Balaban J connectivity index is 2.17. The molecule has 0 aliphatic heterocycles. The van der Waals surface area contributed by atoms with E-state index in [9.17, 15) is 4.79 Å². The molecule has 2 rings (SSSR count). The molecule has 8 heteroatoms. The molecule has 0 saturated heterocycles. The van der Waals surface area contributed by atoms with Gasteiger partial charge in [-0.1, -0.05) is 23.2 Å². The Kier molecular flexibility index (Phi) is 3.51. The summed E-state index contributed by atoms with van der Waals surface area (Å²) in [6.07, 6.45) is 1.43. The predicted octanol–water partition coefficient (Wildman–Crippen LogP) is 3.02. The Morgan fingerprint density at radius 1 is 1.35 bits per heavy atom. The van der Waals surface area contributed by atoms with E-state index in [1.807, 2.05) is 0 Å². The highest BCUT2D eigenvalue weighted by Gasteiger charge is 2.12. The Labute approximate surface area is 111 Å². The molecule has 0 radical (unpaired) electrons. The Bertz CT molecular complexity index is 550. The third-order valence-corrected chi connectivity index (χ3v) is 2.71. The minimum Gasteiger partial charge on any atom is -0.340 e. The van der Waals surface area contributed by atoms with Gasteiger partial charge in [0.15, 0.2) is 0 Å². The molecule has 0 unspecified atom stereocenters. The maximum absolute atomic E-state index is 11.7. The van der Waals surface area contributed by atoms with Gasteiger partial charge in [-0.3, -0.25) is 4.79 Å². The summed E-state index contributed by atoms with van der Waals surface area (Å²) in [4.78, 5) is 21.9. The van der Waals surface area contributed by atoms with Crippen molar-refractivity contribution >= 4 is 46.5 Å². The highest BCUT2D eigenvalue weighted by Crippen LogP contribution is 2.22. The molecule has 2 aromatic rings. The third kappa shape index (κ3) is 2.88. The third-order valence-electron chi connectivity index (χ3n) is 1.84. The van der Waals surface area contributed by atoms with Crippen molar-refractivity contribution in [3.05, 3.63) is 39.5 Å². The number of nitrogens with one attached hydrogen (secondary N) is 2. The minimum absolute atomic E-state index is 0.0466. The lowest BCUT2D eigenvalue weighted by molar-refractivity contribution is 0.102. The molecule has 2 heterocycles. The Morgan fingerprint density at radius 2 is 2.12 bits per heavy atom. The Hall–Kier alpha value is -1.30. The van der Waals surface area contributed by atoms with Crippen LogP contribution in [0, 0.1) is 0 Å². The van der Waals surface area contributed by atoms with Crippen molar-refractivity contribution in [3.63, 3.8) is 0 Å². The highest BCUT2D eigenvalue weighted by molar-refractivity contribution is 6.41. The lowest BCUT2D eigenvalue weighted by Crippen LogP contribution is -2.13. The molecule has 0 aliphatic rings. The van der Waals surface area contributed by atoms with Gasteiger partial charge in [-0.2, -0.15) is 0 Å². The van der Waals surface area contributed by atoms with Crippen molar-refractivity contribution in [3.8, 4) is 0 Å². The van der Waals surface area contributed by atoms with E-state index in [4.69, 9.17) is 34.8 Å². The van der Waals surface area contributed by atoms with E-state index in [1.54, 1.807) is 0 Å². The fourth-order valence-electron chi connectivity index (χ4n) is 1.11. The monoisotopic (exact) mass is 290 g/mol. The lowest BCUT2D eigenvalue weighted by atomic mass is 10.4. The smallest absolute Gasteiger partial charge is 0.273 e. The van der Waals surface area contributed by atoms with E-state index in [0.29, 0.717) is 0 Å². The molecule has 0 aromatic carbocycles. The van der Waals surface area contributed by atoms with Crippen LogP contribution in [0.15, 0.2) is 18.3 Å². The number of anilines is 1. The Morgan fingerprint density at radius 3 is 2.71 bits per heavy atom. The summed E-state index contributed by atoms with van der Waals surface area (Å²) in [6.45, 7) is 0. The van der Waals surface area contributed by atoms with Crippen molar-refractivity contribution in [2.24, 2.45) is 0 Å². The van der Waals surface area contributed by atoms with E-state index in [1.165, 1.54) is 18.3 Å². The van der Waals surface area contributed by atoms with Crippen LogP contribution in [0.3, 0.4) is 0 Å². The van der Waals surface area contributed by atoms with Crippen LogP contribution in [0.4, 0.5) is 5.82 Å². The van der Waals surface area contributed by atoms with Gasteiger partial charge in [0.1, 0.15) is 16.7 Å². The second kappa shape index (κ2) is 4.91. The van der Waals surface area contributed by atoms with Crippen molar-refractivity contribution < 1.29 is 4.79 Å². The normalized spacial score (nSPS) is 10.3. The summed E-state index contributed by atoms with van der Waals surface area (Å²) in [5.41, 5.74) is 0.231. The molecule has 2 N–H and O–H groups in total. The zero-order valence-electron chi connectivity index (χ0n) is 8.17. The summed E-state index contributed by atoms with van der Waals surface area (Å²) >= 11 is 17.0. The molecule has 0 bridgehead atoms. The van der Waals surface area contributed by atoms with Crippen LogP contribution in [0.1, 0.15) is 10.5 Å². The number of carbonyl (C=O) groups excluding carboxylic acids is 1. The molecule has 0 atom stereocenters. The van der Waals surface area contributed by atoms with Crippen LogP contribution in [0.2, 0.25) is 15.5 Å². The first-order chi connectivity index (χ1) is 8.06. The van der Waals surface area contributed by atoms with Gasteiger partial charge in [-0.15, -0.1) is 0 Å². The van der Waals surface area contributed by atoms with Gasteiger partial charge in [-0.05, 0) is 23.7 Å². The number of nitrogens with zero attached hydrogens (tertiary/aromatic N) is 2. The van der Waals surface area contributed by atoms with Crippen molar-refractivity contribution in [1.82, 2.24) is 15.0 Å². The molecule has 0 spiro atoms. The summed E-state index contributed by atoms with van der Waals surface area (Å²) in [6, 6.07) is 2.93. The van der Waals surface area contributed by atoms with E-state index in [2.05, 4.69) is 20.3 Å². The fourth-order valence-corrected chi connectivity index (χ4v) is 1.57. The van der Waals surface area contributed by atoms with Gasteiger partial charge >= 0.3 is 0 Å². The number of carbonyl (C=O) groups is 1. The van der Waals surface area contributed by atoms with E-state index in [-0.39, 0.29) is 27.0 Å². The maximum atomic E-state index is 11.7. The second-order valence-corrected chi connectivity index (χ2v) is 4.13. The number of amides is 1. The van der Waals surface area contributed by atoms with Gasteiger partial charge in [0.05, 0.1) is 5.02 Å². The minimum atomic E-state index is -0.423. The van der Waals surface area contributed by atoms with Crippen molar-refractivity contribution in [1.29, 1.82) is 0 Å². The number of rotatable bonds is 2. The van der Waals surface area contributed by atoms with Gasteiger partial charge in [0.25, 0.3) is 5.91 Å². The standard InChI is InChI=1S/C9H5Cl3N4O/c10-4-3-5(14-7(4)11)8(17)15-6-1-2-13-9(12)16-6/h1-3,14H,(H,13,15,16,17). The van der Waals surface area contributed by atoms with Crippen LogP contribution in [0.5, 0.6) is 0 Å². The summed E-state index contributed by atoms with van der Waals surface area (Å²) in [5, 5.41) is 3.04. The number of aromatic amines is 1. The zero-order valence-corrected chi connectivity index (χ0v) is 10.4. The summed E-state index contributed by atoms with van der Waals surface area (Å²) in [7, 11) is 0. The molecule has 17 heavy (non-hydrogen) atoms. The first-order valence-electron chi connectivity index (χ1n) is 4.40. The lowest BCUT2D eigenvalue weighted by Gasteiger charge is -2.01. The summed E-state index contributed by atoms with van der Waals surface area (Å²) < 4.78 is 0. The van der Waals surface area contributed by atoms with Crippen molar-refractivity contribution in [2.45, 2.75) is 0 Å². The molecule has 0 aliphatic carbocycles. The second-order valence-electron chi connectivity index (χ2n) is 3.01. The predicted molar refractivity (Wildman–Crippen MR) is 65.8 cm³/mol. The van der Waals surface area contributed by atoms with Crippen LogP contribution in [-0.2, 0) is 0 Å². The number of halogens is 3. The molecule has 0 fully saturated rings. The van der Waals surface area contributed by atoms with Gasteiger partial charge in [0.2, 0.25) is 5.28 Å². The van der Waals surface area contributed by atoms with Gasteiger partial charge < -0.3 is 10.3 Å². The molecule has 0 saturated carbocycles. The molecule has 2 aromatic heterocycles. The number of hydrogen-bond acceptors (Lipinski definition) is 3. The van der Waals surface area contributed by atoms with Crippen LogP contribution in [0.25, 0.3) is 0 Å². The van der Waals surface area contributed by atoms with E-state index in [0.717, 1.165) is 0 Å². The van der Waals surface area contributed by atoms with E-state index >= 15 is 0 Å². The topological polar surface area (TPSA) is 70.7 Å². The molecular weight excluding hydrogens is 286 g/mol. The number of aromatic nitrogens is 3. The molecular formula is C9H5Cl3N4O. The first-order valence-corrected chi connectivity index (χ1v) is 5.53. The quantitative estimate of drug-likeness (QED) is 0.836. The van der Waals surface area contributed by atoms with Crippen LogP contribution in [-0.4, -0.2) is 20.9 Å². The average Bonchev–Trinajstić information content (AvgIpc) is 2.59. The van der Waals surface area contributed by atoms with Gasteiger partial charge in [0, 0.05) is 6.20 Å². The van der Waals surface area contributed by atoms with Crippen LogP contribution < -0.4 is 5.32 Å². The highest BCUT2D eigenvalue weighted by atomic mass is 35.5. The maximum Gasteiger partial charge on any atom is 0.273 e. The number of hydrogen-bond donors (Lipinski definition) is 2. The molecule has 88 valence electrons. The zero-order chi connectivity index (χ0) is 12.4. The molecule has 1 amide bonds. The first kappa shape index (κ1) is 12.2. The average molecular weight is 292 g/mol. The largest absolute Gasteiger partial charge is 0.340 e. The van der Waals surface area contributed by atoms with E-state index < -0.39 is 5.91 Å².